The van der Waals surface area contributed by atoms with Gasteiger partial charge in [0.05, 0.1) is 15.8 Å². The highest BCUT2D eigenvalue weighted by Crippen LogP contribution is 2.31. The highest BCUT2D eigenvalue weighted by atomic mass is 32.3. The van der Waals surface area contributed by atoms with Gasteiger partial charge in [0.15, 0.2) is 5.82 Å². The third kappa shape index (κ3) is 4.71. The minimum atomic E-state index is -5.01. The molecule has 0 bridgehead atoms. The fourth-order valence-electron chi connectivity index (χ4n) is 3.09. The van der Waals surface area contributed by atoms with Crippen LogP contribution < -0.4 is 4.72 Å². The van der Waals surface area contributed by atoms with Gasteiger partial charge in [-0.2, -0.15) is 18.1 Å². The molecule has 1 aliphatic carbocycles. The van der Waals surface area contributed by atoms with Crippen LogP contribution in [0.4, 0.5) is 3.89 Å². The molecule has 1 aliphatic rings. The highest BCUT2D eigenvalue weighted by molar-refractivity contribution is 7.89. The van der Waals surface area contributed by atoms with E-state index in [1.165, 1.54) is 19.4 Å². The van der Waals surface area contributed by atoms with Crippen molar-refractivity contribution in [1.29, 1.82) is 0 Å². The van der Waals surface area contributed by atoms with E-state index in [1.807, 2.05) is 0 Å². The normalized spacial score (nSPS) is 17.7. The van der Waals surface area contributed by atoms with Gasteiger partial charge in [-0.05, 0) is 38.0 Å². The Bertz CT molecular complexity index is 1010. The number of benzene rings is 1. The van der Waals surface area contributed by atoms with E-state index < -0.39 is 31.2 Å². The highest BCUT2D eigenvalue weighted by Gasteiger charge is 2.26. The second-order valence-electron chi connectivity index (χ2n) is 6.58. The lowest BCUT2D eigenvalue weighted by molar-refractivity contribution is 0.340. The Morgan fingerprint density at radius 1 is 1.15 bits per heavy atom. The molecule has 1 aromatic heterocycles. The molecule has 1 unspecified atom stereocenters. The molecule has 1 saturated carbocycles. The van der Waals surface area contributed by atoms with Crippen LogP contribution in [0.25, 0.3) is 0 Å². The van der Waals surface area contributed by atoms with Gasteiger partial charge >= 0.3 is 10.2 Å². The second kappa shape index (κ2) is 7.64. The predicted molar refractivity (Wildman–Crippen MR) is 93.6 cm³/mol. The molecule has 11 heteroatoms. The number of hydrogen-bond acceptors (Lipinski definition) is 7. The van der Waals surface area contributed by atoms with E-state index in [9.17, 15) is 20.7 Å². The van der Waals surface area contributed by atoms with Crippen molar-refractivity contribution in [2.24, 2.45) is 0 Å². The maximum Gasteiger partial charge on any atom is 0.332 e. The lowest BCUT2D eigenvalue weighted by atomic mass is 9.89. The van der Waals surface area contributed by atoms with E-state index in [-0.39, 0.29) is 16.7 Å². The zero-order chi connectivity index (χ0) is 19.7. The van der Waals surface area contributed by atoms with Crippen molar-refractivity contribution in [3.63, 3.8) is 0 Å². The number of halogens is 1. The van der Waals surface area contributed by atoms with Gasteiger partial charge in [-0.15, -0.1) is 3.89 Å². The molecule has 148 valence electrons. The number of aromatic nitrogens is 2. The Labute approximate surface area is 157 Å². The molecule has 1 atom stereocenters. The van der Waals surface area contributed by atoms with Gasteiger partial charge in [-0.1, -0.05) is 30.5 Å². The zero-order valence-corrected chi connectivity index (χ0v) is 16.3. The Kier molecular flexibility index (Phi) is 5.63. The number of nitrogens with zero attached hydrogens (tertiary/aromatic N) is 2. The lowest BCUT2D eigenvalue weighted by Gasteiger charge is -2.17. The van der Waals surface area contributed by atoms with Gasteiger partial charge in [-0.25, -0.2) is 8.42 Å². The van der Waals surface area contributed by atoms with E-state index in [0.717, 1.165) is 43.9 Å². The number of nitrogens with one attached hydrogen (secondary N) is 1. The van der Waals surface area contributed by atoms with E-state index in [2.05, 4.69) is 14.9 Å². The Morgan fingerprint density at radius 3 is 2.48 bits per heavy atom. The monoisotopic (exact) mass is 417 g/mol. The lowest BCUT2D eigenvalue weighted by Crippen LogP contribution is -2.27. The molecular weight excluding hydrogens is 397 g/mol. The van der Waals surface area contributed by atoms with Crippen LogP contribution in [-0.4, -0.2) is 27.0 Å². The van der Waals surface area contributed by atoms with Crippen molar-refractivity contribution in [2.75, 3.05) is 0 Å². The molecule has 0 spiro atoms. The summed E-state index contributed by atoms with van der Waals surface area (Å²) in [4.78, 5) is 3.21. The van der Waals surface area contributed by atoms with E-state index in [4.69, 9.17) is 4.52 Å². The topological polar surface area (TPSA) is 119 Å². The van der Waals surface area contributed by atoms with Crippen molar-refractivity contribution in [2.45, 2.75) is 60.8 Å². The molecule has 2 aromatic rings. The molecular formula is C16H20FN3O5S2. The predicted octanol–water partition coefficient (Wildman–Crippen LogP) is 2.82. The van der Waals surface area contributed by atoms with Crippen LogP contribution in [0.5, 0.6) is 0 Å². The van der Waals surface area contributed by atoms with E-state index >= 15 is 0 Å². The molecule has 0 amide bonds. The van der Waals surface area contributed by atoms with E-state index in [0.29, 0.717) is 5.82 Å². The number of hydrogen-bond donors (Lipinski definition) is 1. The summed E-state index contributed by atoms with van der Waals surface area (Å²) in [5, 5.41) is 3.96. The summed E-state index contributed by atoms with van der Waals surface area (Å²) in [6.45, 7) is 1.53. The van der Waals surface area contributed by atoms with E-state index in [1.54, 1.807) is 0 Å². The van der Waals surface area contributed by atoms with Crippen molar-refractivity contribution >= 4 is 20.2 Å². The largest absolute Gasteiger partial charge is 0.338 e. The molecule has 0 aliphatic heterocycles. The van der Waals surface area contributed by atoms with Crippen molar-refractivity contribution in [1.82, 2.24) is 14.9 Å². The summed E-state index contributed by atoms with van der Waals surface area (Å²) in [6, 6.07) is 3.23. The average molecular weight is 417 g/mol. The summed E-state index contributed by atoms with van der Waals surface area (Å²) >= 11 is 0. The first-order valence-electron chi connectivity index (χ1n) is 8.57. The van der Waals surface area contributed by atoms with Gasteiger partial charge in [0.2, 0.25) is 15.9 Å². The summed E-state index contributed by atoms with van der Waals surface area (Å²) in [5.41, 5.74) is 0. The van der Waals surface area contributed by atoms with Crippen LogP contribution in [0.1, 0.15) is 62.7 Å². The molecule has 1 N–H and O–H groups in total. The molecule has 3 rings (SSSR count). The first-order chi connectivity index (χ1) is 12.7. The van der Waals surface area contributed by atoms with Gasteiger partial charge < -0.3 is 4.52 Å². The van der Waals surface area contributed by atoms with Crippen LogP contribution in [0.2, 0.25) is 0 Å². The Morgan fingerprint density at radius 2 is 1.81 bits per heavy atom. The van der Waals surface area contributed by atoms with Crippen molar-refractivity contribution in [3.05, 3.63) is 36.0 Å². The molecule has 1 fully saturated rings. The second-order valence-corrected chi connectivity index (χ2v) is 9.64. The van der Waals surface area contributed by atoms with Gasteiger partial charge in [0.25, 0.3) is 0 Å². The van der Waals surface area contributed by atoms with Gasteiger partial charge in [-0.3, -0.25) is 0 Å². The maximum atomic E-state index is 13.1. The fraction of sp³-hybridized carbons (Fsp3) is 0.500. The quantitative estimate of drug-likeness (QED) is 0.718. The summed E-state index contributed by atoms with van der Waals surface area (Å²) < 4.78 is 67.6. The number of rotatable bonds is 6. The Balaban J connectivity index is 1.77. The van der Waals surface area contributed by atoms with Crippen molar-refractivity contribution in [3.8, 4) is 0 Å². The zero-order valence-electron chi connectivity index (χ0n) is 14.6. The molecule has 8 nitrogen and oxygen atoms in total. The maximum absolute atomic E-state index is 13.1. The van der Waals surface area contributed by atoms with Gasteiger partial charge in [0, 0.05) is 5.92 Å². The minimum absolute atomic E-state index is 0.119. The third-order valence-electron chi connectivity index (χ3n) is 4.53. The molecule has 0 radical (unpaired) electrons. The smallest absolute Gasteiger partial charge is 0.332 e. The van der Waals surface area contributed by atoms with Crippen LogP contribution in [-0.2, 0) is 20.2 Å². The standard InChI is InChI=1S/C16H20FN3O5S2/c1-11(16-18-15(19-25-16)12-6-3-2-4-7-12)20-27(23,24)14-9-5-8-13(10-14)26(17,21)22/h5,8-12,20H,2-4,6-7H2,1H3. The van der Waals surface area contributed by atoms with Crippen LogP contribution >= 0.6 is 0 Å². The summed E-state index contributed by atoms with van der Waals surface area (Å²) in [6.07, 6.45) is 5.34. The summed E-state index contributed by atoms with van der Waals surface area (Å²) in [5.74, 6) is 0.904. The first kappa shape index (κ1) is 19.9. The number of sulfonamides is 1. The average Bonchev–Trinajstić information content (AvgIpc) is 3.12. The molecule has 1 aromatic carbocycles. The van der Waals surface area contributed by atoms with Crippen LogP contribution in [0, 0.1) is 0 Å². The molecule has 27 heavy (non-hydrogen) atoms. The van der Waals surface area contributed by atoms with Crippen LogP contribution in [0.15, 0.2) is 38.6 Å². The SMILES string of the molecule is CC(NS(=O)(=O)c1cccc(S(=O)(=O)F)c1)c1nc(C2CCCCC2)no1. The Hall–Kier alpha value is -1.85. The summed E-state index contributed by atoms with van der Waals surface area (Å²) in [7, 11) is -9.12. The minimum Gasteiger partial charge on any atom is -0.338 e. The fourth-order valence-corrected chi connectivity index (χ4v) is 4.92. The molecule has 1 heterocycles. The van der Waals surface area contributed by atoms with Crippen LogP contribution in [0.3, 0.4) is 0 Å². The van der Waals surface area contributed by atoms with Gasteiger partial charge in [0.1, 0.15) is 0 Å². The molecule has 0 saturated heterocycles. The third-order valence-corrected chi connectivity index (χ3v) is 6.88. The van der Waals surface area contributed by atoms with Crippen molar-refractivity contribution < 1.29 is 25.2 Å². The first-order valence-corrected chi connectivity index (χ1v) is 11.4.